The quantitative estimate of drug-likeness (QED) is 0.316. The largest absolute Gasteiger partial charge is 0.354 e. The Morgan fingerprint density at radius 2 is 1.43 bits per heavy atom. The van der Waals surface area contributed by atoms with Gasteiger partial charge in [-0.05, 0) is 52.6 Å². The second-order valence-electron chi connectivity index (χ2n) is 10.4. The fourth-order valence-electron chi connectivity index (χ4n) is 4.23. The lowest BCUT2D eigenvalue weighted by molar-refractivity contribution is -0.141. The SMILES string of the molecule is CC(C)CNC(=O)[C@@H](Cc1ccccc1)N(Cc1ccc(F)cc1)C(=O)CCc1ccc(C(C)C)cc1. The average molecular weight is 503 g/mol. The Labute approximate surface area is 220 Å². The van der Waals surface area contributed by atoms with Crippen LogP contribution in [0, 0.1) is 11.7 Å². The smallest absolute Gasteiger partial charge is 0.243 e. The molecular weight excluding hydrogens is 463 g/mol. The van der Waals surface area contributed by atoms with Crippen LogP contribution in [0.15, 0.2) is 78.9 Å². The molecule has 4 nitrogen and oxygen atoms in total. The zero-order valence-corrected chi connectivity index (χ0v) is 22.4. The second kappa shape index (κ2) is 13.7. The van der Waals surface area contributed by atoms with Gasteiger partial charge in [-0.3, -0.25) is 9.59 Å². The van der Waals surface area contributed by atoms with Crippen molar-refractivity contribution in [1.29, 1.82) is 0 Å². The third-order valence-electron chi connectivity index (χ3n) is 6.50. The molecule has 3 aromatic carbocycles. The molecule has 37 heavy (non-hydrogen) atoms. The molecule has 0 saturated heterocycles. The molecule has 0 radical (unpaired) electrons. The summed E-state index contributed by atoms with van der Waals surface area (Å²) in [7, 11) is 0. The van der Waals surface area contributed by atoms with Crippen molar-refractivity contribution in [2.75, 3.05) is 6.54 Å². The van der Waals surface area contributed by atoms with Crippen molar-refractivity contribution in [1.82, 2.24) is 10.2 Å². The van der Waals surface area contributed by atoms with Gasteiger partial charge in [0.25, 0.3) is 0 Å². The van der Waals surface area contributed by atoms with Gasteiger partial charge in [0.1, 0.15) is 11.9 Å². The van der Waals surface area contributed by atoms with Crippen LogP contribution in [-0.2, 0) is 29.0 Å². The van der Waals surface area contributed by atoms with Gasteiger partial charge in [-0.15, -0.1) is 0 Å². The van der Waals surface area contributed by atoms with Crippen LogP contribution in [0.1, 0.15) is 62.3 Å². The van der Waals surface area contributed by atoms with Crippen molar-refractivity contribution in [2.24, 2.45) is 5.92 Å². The lowest BCUT2D eigenvalue weighted by Gasteiger charge is -2.32. The van der Waals surface area contributed by atoms with Crippen molar-refractivity contribution in [2.45, 2.75) is 65.5 Å². The molecule has 0 saturated carbocycles. The average Bonchev–Trinajstić information content (AvgIpc) is 2.89. The normalized spacial score (nSPS) is 12.0. The van der Waals surface area contributed by atoms with E-state index in [0.29, 0.717) is 25.3 Å². The molecule has 0 aliphatic rings. The maximum atomic E-state index is 13.7. The number of nitrogens with one attached hydrogen (secondary N) is 1. The van der Waals surface area contributed by atoms with Gasteiger partial charge in [0.05, 0.1) is 0 Å². The van der Waals surface area contributed by atoms with Crippen LogP contribution in [0.3, 0.4) is 0 Å². The molecule has 3 aromatic rings. The third-order valence-corrected chi connectivity index (χ3v) is 6.50. The first-order chi connectivity index (χ1) is 17.7. The fraction of sp³-hybridized carbons (Fsp3) is 0.375. The number of hydrogen-bond donors (Lipinski definition) is 1. The molecule has 0 aliphatic heterocycles. The number of aryl methyl sites for hydroxylation is 1. The predicted molar refractivity (Wildman–Crippen MR) is 148 cm³/mol. The number of carbonyl (C=O) groups is 2. The monoisotopic (exact) mass is 502 g/mol. The summed E-state index contributed by atoms with van der Waals surface area (Å²) in [6.07, 6.45) is 1.27. The van der Waals surface area contributed by atoms with E-state index in [4.69, 9.17) is 0 Å². The molecule has 0 bridgehead atoms. The Hall–Kier alpha value is -3.47. The standard InChI is InChI=1S/C32H39FN2O2/c1-23(2)21-34-32(37)30(20-26-8-6-5-7-9-26)35(22-27-12-17-29(33)18-13-27)31(36)19-14-25-10-15-28(16-11-25)24(3)4/h5-13,15-18,23-24,30H,14,19-22H2,1-4H3,(H,34,37)/t30-/m1/s1. The molecule has 0 unspecified atom stereocenters. The van der Waals surface area contributed by atoms with Gasteiger partial charge < -0.3 is 10.2 Å². The molecule has 0 aliphatic carbocycles. The maximum Gasteiger partial charge on any atom is 0.243 e. The van der Waals surface area contributed by atoms with E-state index < -0.39 is 6.04 Å². The molecule has 1 N–H and O–H groups in total. The minimum atomic E-state index is -0.679. The van der Waals surface area contributed by atoms with Crippen molar-refractivity contribution < 1.29 is 14.0 Å². The number of carbonyl (C=O) groups excluding carboxylic acids is 2. The first-order valence-electron chi connectivity index (χ1n) is 13.2. The van der Waals surface area contributed by atoms with Crippen molar-refractivity contribution in [3.05, 3.63) is 107 Å². The summed E-state index contributed by atoms with van der Waals surface area (Å²) >= 11 is 0. The summed E-state index contributed by atoms with van der Waals surface area (Å²) in [5.74, 6) is 0.135. The lowest BCUT2D eigenvalue weighted by atomic mass is 9.99. The first-order valence-corrected chi connectivity index (χ1v) is 13.2. The number of hydrogen-bond acceptors (Lipinski definition) is 2. The lowest BCUT2D eigenvalue weighted by Crippen LogP contribution is -2.51. The van der Waals surface area contributed by atoms with E-state index in [2.05, 4.69) is 43.4 Å². The van der Waals surface area contributed by atoms with Crippen LogP contribution in [0.5, 0.6) is 0 Å². The second-order valence-corrected chi connectivity index (χ2v) is 10.4. The van der Waals surface area contributed by atoms with Crippen LogP contribution < -0.4 is 5.32 Å². The van der Waals surface area contributed by atoms with E-state index in [9.17, 15) is 14.0 Å². The highest BCUT2D eigenvalue weighted by Crippen LogP contribution is 2.19. The first kappa shape index (κ1) is 28.1. The van der Waals surface area contributed by atoms with E-state index in [-0.39, 0.29) is 36.5 Å². The number of benzene rings is 3. The van der Waals surface area contributed by atoms with E-state index >= 15 is 0 Å². The summed E-state index contributed by atoms with van der Waals surface area (Å²) in [5.41, 5.74) is 4.11. The van der Waals surface area contributed by atoms with Crippen molar-refractivity contribution >= 4 is 11.8 Å². The van der Waals surface area contributed by atoms with Gasteiger partial charge in [-0.25, -0.2) is 4.39 Å². The molecular formula is C32H39FN2O2. The summed E-state index contributed by atoms with van der Waals surface area (Å²) in [5, 5.41) is 3.03. The highest BCUT2D eigenvalue weighted by atomic mass is 19.1. The maximum absolute atomic E-state index is 13.7. The Morgan fingerprint density at radius 1 is 0.811 bits per heavy atom. The van der Waals surface area contributed by atoms with Gasteiger partial charge in [-0.1, -0.05) is 94.4 Å². The van der Waals surface area contributed by atoms with Gasteiger partial charge >= 0.3 is 0 Å². The number of rotatable bonds is 12. The Balaban J connectivity index is 1.86. The number of amides is 2. The molecule has 5 heteroatoms. The minimum Gasteiger partial charge on any atom is -0.354 e. The topological polar surface area (TPSA) is 49.4 Å². The van der Waals surface area contributed by atoms with E-state index in [0.717, 1.165) is 16.7 Å². The van der Waals surface area contributed by atoms with Crippen LogP contribution >= 0.6 is 0 Å². The molecule has 0 heterocycles. The minimum absolute atomic E-state index is 0.0992. The third kappa shape index (κ3) is 8.85. The summed E-state index contributed by atoms with van der Waals surface area (Å²) in [4.78, 5) is 28.8. The summed E-state index contributed by atoms with van der Waals surface area (Å²) < 4.78 is 13.6. The Morgan fingerprint density at radius 3 is 2.03 bits per heavy atom. The van der Waals surface area contributed by atoms with Crippen molar-refractivity contribution in [3.63, 3.8) is 0 Å². The van der Waals surface area contributed by atoms with Crippen molar-refractivity contribution in [3.8, 4) is 0 Å². The highest BCUT2D eigenvalue weighted by Gasteiger charge is 2.30. The van der Waals surface area contributed by atoms with E-state index in [1.807, 2.05) is 44.2 Å². The summed E-state index contributed by atoms with van der Waals surface area (Å²) in [6, 6.07) is 23.6. The van der Waals surface area contributed by atoms with Gasteiger partial charge in [-0.2, -0.15) is 0 Å². The molecule has 1 atom stereocenters. The Bertz CT molecular complexity index is 1130. The zero-order chi connectivity index (χ0) is 26.8. The summed E-state index contributed by atoms with van der Waals surface area (Å²) in [6.45, 7) is 9.16. The zero-order valence-electron chi connectivity index (χ0n) is 22.4. The Kier molecular flexibility index (Phi) is 10.4. The van der Waals surface area contributed by atoms with E-state index in [1.54, 1.807) is 17.0 Å². The van der Waals surface area contributed by atoms with Crippen LogP contribution in [0.2, 0.25) is 0 Å². The molecule has 3 rings (SSSR count). The van der Waals surface area contributed by atoms with Gasteiger partial charge in [0, 0.05) is 25.9 Å². The van der Waals surface area contributed by atoms with Gasteiger partial charge in [0.15, 0.2) is 0 Å². The van der Waals surface area contributed by atoms with Crippen LogP contribution in [0.25, 0.3) is 0 Å². The molecule has 2 amide bonds. The van der Waals surface area contributed by atoms with E-state index in [1.165, 1.54) is 17.7 Å². The molecule has 0 fully saturated rings. The number of nitrogens with zero attached hydrogens (tertiary/aromatic N) is 1. The van der Waals surface area contributed by atoms with Gasteiger partial charge in [0.2, 0.25) is 11.8 Å². The molecule has 0 aromatic heterocycles. The van der Waals surface area contributed by atoms with Crippen LogP contribution in [-0.4, -0.2) is 29.3 Å². The van der Waals surface area contributed by atoms with Crippen LogP contribution in [0.4, 0.5) is 4.39 Å². The fourth-order valence-corrected chi connectivity index (χ4v) is 4.23. The number of halogens is 1. The highest BCUT2D eigenvalue weighted by molar-refractivity contribution is 5.88. The molecule has 196 valence electrons. The molecule has 0 spiro atoms. The predicted octanol–water partition coefficient (Wildman–Crippen LogP) is 6.29.